The Morgan fingerprint density at radius 2 is 1.81 bits per heavy atom. The van der Waals surface area contributed by atoms with Gasteiger partial charge in [-0.15, -0.1) is 0 Å². The molecule has 0 aromatic heterocycles. The molecular weight excluding hydrogens is 337 g/mol. The second-order valence-electron chi connectivity index (χ2n) is 6.00. The molecule has 3 rings (SSSR count). The van der Waals surface area contributed by atoms with Crippen LogP contribution in [0.5, 0.6) is 5.75 Å². The first-order chi connectivity index (χ1) is 12.4. The average Bonchev–Trinajstić information content (AvgIpc) is 2.87. The van der Waals surface area contributed by atoms with E-state index in [0.29, 0.717) is 16.9 Å². The molecule has 0 aliphatic carbocycles. The Morgan fingerprint density at radius 3 is 2.42 bits per heavy atom. The maximum Gasteiger partial charge on any atom is 0.325 e. The van der Waals surface area contributed by atoms with Gasteiger partial charge in [0.05, 0.1) is 18.2 Å². The second kappa shape index (κ2) is 6.84. The molecule has 2 aromatic rings. The number of imide groups is 1. The van der Waals surface area contributed by atoms with Gasteiger partial charge in [-0.1, -0.05) is 12.1 Å². The third-order valence-electron chi connectivity index (χ3n) is 4.26. The highest BCUT2D eigenvalue weighted by Crippen LogP contribution is 2.28. The second-order valence-corrected chi connectivity index (χ2v) is 6.00. The molecule has 1 aliphatic heterocycles. The summed E-state index contributed by atoms with van der Waals surface area (Å²) in [5, 5.41) is 11.6. The minimum atomic E-state index is -1.19. The number of hydrogen-bond donors (Lipinski definition) is 1. The van der Waals surface area contributed by atoms with E-state index in [-0.39, 0.29) is 19.0 Å². The number of urea groups is 1. The SMILES string of the molecule is C[C@@]1(c2ccc(C#N)cc2)NC(=O)N(CCOc2ccc(F)cc2)C1=O. The minimum Gasteiger partial charge on any atom is -0.492 e. The summed E-state index contributed by atoms with van der Waals surface area (Å²) >= 11 is 0. The molecule has 7 heteroatoms. The van der Waals surface area contributed by atoms with Crippen molar-refractivity contribution in [2.24, 2.45) is 0 Å². The maximum absolute atomic E-state index is 12.9. The van der Waals surface area contributed by atoms with Crippen LogP contribution in [0.1, 0.15) is 18.1 Å². The van der Waals surface area contributed by atoms with Crippen molar-refractivity contribution in [3.05, 3.63) is 65.5 Å². The number of nitrogens with one attached hydrogen (secondary N) is 1. The molecule has 6 nitrogen and oxygen atoms in total. The Kier molecular flexibility index (Phi) is 4.59. The number of carbonyl (C=O) groups excluding carboxylic acids is 2. The van der Waals surface area contributed by atoms with Crippen molar-refractivity contribution < 1.29 is 18.7 Å². The van der Waals surface area contributed by atoms with Gasteiger partial charge in [-0.05, 0) is 48.9 Å². The Hall–Kier alpha value is -3.40. The van der Waals surface area contributed by atoms with E-state index in [1.54, 1.807) is 31.2 Å². The van der Waals surface area contributed by atoms with E-state index in [4.69, 9.17) is 10.00 Å². The van der Waals surface area contributed by atoms with Crippen LogP contribution in [-0.4, -0.2) is 30.0 Å². The summed E-state index contributed by atoms with van der Waals surface area (Å²) in [5.74, 6) is -0.312. The normalized spacial score (nSPS) is 19.2. The number of carbonyl (C=O) groups is 2. The molecule has 0 spiro atoms. The molecule has 1 fully saturated rings. The van der Waals surface area contributed by atoms with Crippen molar-refractivity contribution in [1.29, 1.82) is 5.26 Å². The maximum atomic E-state index is 12.9. The molecule has 1 N–H and O–H groups in total. The number of hydrogen-bond acceptors (Lipinski definition) is 4. The number of ether oxygens (including phenoxy) is 1. The van der Waals surface area contributed by atoms with Gasteiger partial charge >= 0.3 is 6.03 Å². The first-order valence-electron chi connectivity index (χ1n) is 7.97. The fraction of sp³-hybridized carbons (Fsp3) is 0.211. The van der Waals surface area contributed by atoms with Crippen molar-refractivity contribution in [2.45, 2.75) is 12.5 Å². The zero-order chi connectivity index (χ0) is 18.7. The van der Waals surface area contributed by atoms with E-state index < -0.39 is 17.5 Å². The smallest absolute Gasteiger partial charge is 0.325 e. The van der Waals surface area contributed by atoms with Crippen LogP contribution in [0.15, 0.2) is 48.5 Å². The fourth-order valence-electron chi connectivity index (χ4n) is 2.76. The Morgan fingerprint density at radius 1 is 1.15 bits per heavy atom. The Labute approximate surface area is 149 Å². The van der Waals surface area contributed by atoms with Crippen LogP contribution in [0.4, 0.5) is 9.18 Å². The average molecular weight is 353 g/mol. The first kappa shape index (κ1) is 17.4. The lowest BCUT2D eigenvalue weighted by Crippen LogP contribution is -2.41. The summed E-state index contributed by atoms with van der Waals surface area (Å²) in [7, 11) is 0. The largest absolute Gasteiger partial charge is 0.492 e. The van der Waals surface area contributed by atoms with E-state index in [1.807, 2.05) is 6.07 Å². The van der Waals surface area contributed by atoms with Crippen molar-refractivity contribution in [3.8, 4) is 11.8 Å². The summed E-state index contributed by atoms with van der Waals surface area (Å²) < 4.78 is 18.3. The van der Waals surface area contributed by atoms with E-state index in [0.717, 1.165) is 4.90 Å². The van der Waals surface area contributed by atoms with Crippen molar-refractivity contribution in [3.63, 3.8) is 0 Å². The molecule has 132 valence electrons. The fourth-order valence-corrected chi connectivity index (χ4v) is 2.76. The van der Waals surface area contributed by atoms with Crippen molar-refractivity contribution >= 4 is 11.9 Å². The Bertz CT molecular complexity index is 874. The van der Waals surface area contributed by atoms with Gasteiger partial charge in [-0.3, -0.25) is 9.69 Å². The third kappa shape index (κ3) is 3.22. The highest BCUT2D eigenvalue weighted by atomic mass is 19.1. The number of nitrogens with zero attached hydrogens (tertiary/aromatic N) is 2. The highest BCUT2D eigenvalue weighted by molar-refractivity contribution is 6.07. The van der Waals surface area contributed by atoms with Crippen LogP contribution in [0.3, 0.4) is 0 Å². The summed E-state index contributed by atoms with van der Waals surface area (Å²) in [6.45, 7) is 1.78. The molecule has 1 atom stereocenters. The number of amides is 3. The molecule has 2 aromatic carbocycles. The van der Waals surface area contributed by atoms with E-state index >= 15 is 0 Å². The molecule has 1 aliphatic rings. The number of benzene rings is 2. The van der Waals surface area contributed by atoms with Gasteiger partial charge in [-0.25, -0.2) is 9.18 Å². The van der Waals surface area contributed by atoms with Gasteiger partial charge in [0.15, 0.2) is 0 Å². The lowest BCUT2D eigenvalue weighted by molar-refractivity contribution is -0.131. The predicted molar refractivity (Wildman–Crippen MR) is 90.6 cm³/mol. The molecule has 1 heterocycles. The molecule has 26 heavy (non-hydrogen) atoms. The van der Waals surface area contributed by atoms with Crippen LogP contribution in [0.2, 0.25) is 0 Å². The van der Waals surface area contributed by atoms with Crippen molar-refractivity contribution in [2.75, 3.05) is 13.2 Å². The molecule has 1 saturated heterocycles. The van der Waals surface area contributed by atoms with Crippen LogP contribution in [0, 0.1) is 17.1 Å². The number of rotatable bonds is 5. The van der Waals surface area contributed by atoms with Gasteiger partial charge in [0.1, 0.15) is 23.7 Å². The minimum absolute atomic E-state index is 0.0634. The first-order valence-corrected chi connectivity index (χ1v) is 7.97. The zero-order valence-electron chi connectivity index (χ0n) is 14.0. The standard InChI is InChI=1S/C19H16FN3O3/c1-19(14-4-2-13(12-21)3-5-14)17(24)23(18(25)22-19)10-11-26-16-8-6-15(20)7-9-16/h2-9H,10-11H2,1H3,(H,22,25)/t19-/m0/s1. The predicted octanol–water partition coefficient (Wildman–Crippen LogP) is 2.54. The molecule has 0 radical (unpaired) electrons. The van der Waals surface area contributed by atoms with E-state index in [1.165, 1.54) is 24.3 Å². The van der Waals surface area contributed by atoms with Gasteiger partial charge in [0.2, 0.25) is 0 Å². The summed E-state index contributed by atoms with van der Waals surface area (Å²) in [5.41, 5.74) is -0.128. The highest BCUT2D eigenvalue weighted by Gasteiger charge is 2.48. The van der Waals surface area contributed by atoms with Crippen molar-refractivity contribution in [1.82, 2.24) is 10.2 Å². The number of halogens is 1. The molecule has 0 unspecified atom stereocenters. The third-order valence-corrected chi connectivity index (χ3v) is 4.26. The summed E-state index contributed by atoms with van der Waals surface area (Å²) in [6.07, 6.45) is 0. The van der Waals surface area contributed by atoms with Crippen LogP contribution in [-0.2, 0) is 10.3 Å². The van der Waals surface area contributed by atoms with Crippen LogP contribution >= 0.6 is 0 Å². The van der Waals surface area contributed by atoms with Gasteiger partial charge < -0.3 is 10.1 Å². The zero-order valence-corrected chi connectivity index (χ0v) is 14.0. The van der Waals surface area contributed by atoms with Crippen LogP contribution < -0.4 is 10.1 Å². The summed E-state index contributed by atoms with van der Waals surface area (Å²) in [4.78, 5) is 26.1. The lowest BCUT2D eigenvalue weighted by Gasteiger charge is -2.22. The topological polar surface area (TPSA) is 82.4 Å². The van der Waals surface area contributed by atoms with Gasteiger partial charge in [0, 0.05) is 0 Å². The summed E-state index contributed by atoms with van der Waals surface area (Å²) in [6, 6.07) is 13.5. The van der Waals surface area contributed by atoms with Gasteiger partial charge in [-0.2, -0.15) is 5.26 Å². The monoisotopic (exact) mass is 353 g/mol. The molecule has 0 bridgehead atoms. The lowest BCUT2D eigenvalue weighted by atomic mass is 9.91. The number of nitriles is 1. The molecular formula is C19H16FN3O3. The quantitative estimate of drug-likeness (QED) is 0.838. The van der Waals surface area contributed by atoms with E-state index in [2.05, 4.69) is 5.32 Å². The van der Waals surface area contributed by atoms with E-state index in [9.17, 15) is 14.0 Å². The van der Waals surface area contributed by atoms with Crippen LogP contribution in [0.25, 0.3) is 0 Å². The molecule has 3 amide bonds. The Balaban J connectivity index is 1.67. The van der Waals surface area contributed by atoms with Gasteiger partial charge in [0.25, 0.3) is 5.91 Å². The molecule has 0 saturated carbocycles.